The number of nitrogens with zero attached hydrogens (tertiary/aromatic N) is 4. The van der Waals surface area contributed by atoms with Crippen molar-refractivity contribution in [1.82, 2.24) is 24.4 Å². The first-order valence-corrected chi connectivity index (χ1v) is 9.96. The Labute approximate surface area is 175 Å². The molecule has 3 aromatic heterocycles. The van der Waals surface area contributed by atoms with Crippen LogP contribution in [0.1, 0.15) is 28.0 Å². The summed E-state index contributed by atoms with van der Waals surface area (Å²) in [4.78, 5) is 31.5. The smallest absolute Gasteiger partial charge is 0.250 e. The second-order valence-electron chi connectivity index (χ2n) is 6.11. The largest absolute Gasteiger partial charge is 0.366 e. The van der Waals surface area contributed by atoms with Crippen LogP contribution in [0, 0.1) is 6.92 Å². The summed E-state index contributed by atoms with van der Waals surface area (Å²) in [7, 11) is 0. The van der Waals surface area contributed by atoms with Crippen LogP contribution in [-0.2, 0) is 17.9 Å². The molecular formula is C17H18Cl2N6O2S. The van der Waals surface area contributed by atoms with Crippen LogP contribution in [0.3, 0.4) is 0 Å². The summed E-state index contributed by atoms with van der Waals surface area (Å²) in [5.74, 6) is -0.624. The molecule has 0 bridgehead atoms. The van der Waals surface area contributed by atoms with Crippen LogP contribution in [0.5, 0.6) is 0 Å². The highest BCUT2D eigenvalue weighted by Gasteiger charge is 2.19. The maximum Gasteiger partial charge on any atom is 0.250 e. The number of halogens is 2. The van der Waals surface area contributed by atoms with Gasteiger partial charge in [0.15, 0.2) is 5.15 Å². The predicted octanol–water partition coefficient (Wildman–Crippen LogP) is 2.71. The maximum absolute atomic E-state index is 11.8. The van der Waals surface area contributed by atoms with Crippen molar-refractivity contribution in [3.8, 4) is 11.4 Å². The molecule has 11 heteroatoms. The monoisotopic (exact) mass is 440 g/mol. The molecule has 8 nitrogen and oxygen atoms in total. The van der Waals surface area contributed by atoms with Crippen LogP contribution < -0.4 is 11.1 Å². The molecule has 0 aliphatic rings. The van der Waals surface area contributed by atoms with E-state index in [4.69, 9.17) is 28.9 Å². The van der Waals surface area contributed by atoms with E-state index < -0.39 is 5.91 Å². The van der Waals surface area contributed by atoms with Gasteiger partial charge in [-0.3, -0.25) is 9.59 Å². The van der Waals surface area contributed by atoms with Gasteiger partial charge in [-0.2, -0.15) is 0 Å². The highest BCUT2D eigenvalue weighted by atomic mass is 35.5. The summed E-state index contributed by atoms with van der Waals surface area (Å²) in [5.41, 5.74) is 8.12. The topological polar surface area (TPSA) is 108 Å². The third kappa shape index (κ3) is 4.21. The highest BCUT2D eigenvalue weighted by molar-refractivity contribution is 7.09. The summed E-state index contributed by atoms with van der Waals surface area (Å²) >= 11 is 13.4. The van der Waals surface area contributed by atoms with Gasteiger partial charge in [0, 0.05) is 31.1 Å². The molecule has 0 atom stereocenters. The maximum atomic E-state index is 11.8. The van der Waals surface area contributed by atoms with Crippen LogP contribution in [0.2, 0.25) is 10.3 Å². The van der Waals surface area contributed by atoms with Gasteiger partial charge in [0.2, 0.25) is 5.91 Å². The van der Waals surface area contributed by atoms with Crippen molar-refractivity contribution < 1.29 is 9.59 Å². The van der Waals surface area contributed by atoms with E-state index in [-0.39, 0.29) is 11.1 Å². The molecule has 3 heterocycles. The molecule has 0 saturated carbocycles. The molecule has 0 fully saturated rings. The number of imidazole rings is 1. The summed E-state index contributed by atoms with van der Waals surface area (Å²) in [6, 6.07) is 1.73. The van der Waals surface area contributed by atoms with Gasteiger partial charge >= 0.3 is 0 Å². The molecule has 3 aromatic rings. The van der Waals surface area contributed by atoms with Gasteiger partial charge in [-0.05, 0) is 13.0 Å². The minimum Gasteiger partial charge on any atom is -0.366 e. The van der Waals surface area contributed by atoms with Crippen molar-refractivity contribution in [3.05, 3.63) is 44.3 Å². The Bertz CT molecular complexity index is 1040. The van der Waals surface area contributed by atoms with Gasteiger partial charge in [0.05, 0.1) is 29.8 Å². The van der Waals surface area contributed by atoms with E-state index in [9.17, 15) is 9.59 Å². The lowest BCUT2D eigenvalue weighted by atomic mass is 10.2. The Balaban J connectivity index is 1.90. The standard InChI is InChI=1S/C17H18Cl2N6O2S/c1-9-11(17(20)27)5-13(25(9)4-3-21-10(2)26)12-7-28-14(23-12)6-24-8-22-15(18)16(24)19/h5,7-8H,3-4,6H2,1-2H3,(H2,20,27)(H,21,26). The molecular weight excluding hydrogens is 423 g/mol. The Morgan fingerprint density at radius 2 is 2.11 bits per heavy atom. The lowest BCUT2D eigenvalue weighted by Gasteiger charge is -2.11. The lowest BCUT2D eigenvalue weighted by Crippen LogP contribution is -2.25. The van der Waals surface area contributed by atoms with E-state index in [1.165, 1.54) is 18.3 Å². The van der Waals surface area contributed by atoms with Crippen molar-refractivity contribution in [2.75, 3.05) is 6.54 Å². The number of hydrogen-bond donors (Lipinski definition) is 2. The Morgan fingerprint density at radius 1 is 1.36 bits per heavy atom. The minimum absolute atomic E-state index is 0.117. The van der Waals surface area contributed by atoms with Crippen molar-refractivity contribution in [3.63, 3.8) is 0 Å². The molecule has 0 spiro atoms. The fraction of sp³-hybridized carbons (Fsp3) is 0.294. The van der Waals surface area contributed by atoms with Crippen LogP contribution in [0.4, 0.5) is 0 Å². The van der Waals surface area contributed by atoms with Crippen molar-refractivity contribution >= 4 is 46.4 Å². The molecule has 0 radical (unpaired) electrons. The zero-order valence-corrected chi connectivity index (χ0v) is 17.5. The first-order chi connectivity index (χ1) is 13.3. The van der Waals surface area contributed by atoms with Crippen LogP contribution in [-0.4, -0.2) is 37.5 Å². The number of nitrogens with two attached hydrogens (primary N) is 1. The molecule has 0 aliphatic heterocycles. The average Bonchev–Trinajstić information content (AvgIpc) is 3.30. The molecule has 0 aromatic carbocycles. The number of amides is 2. The van der Waals surface area contributed by atoms with E-state index in [2.05, 4.69) is 15.3 Å². The Kier molecular flexibility index (Phi) is 6.07. The van der Waals surface area contributed by atoms with E-state index in [0.29, 0.717) is 36.0 Å². The average molecular weight is 441 g/mol. The SMILES string of the molecule is CC(=O)NCCn1c(-c2csc(Cn3cnc(Cl)c3Cl)n2)cc(C(N)=O)c1C. The van der Waals surface area contributed by atoms with Crippen LogP contribution in [0.15, 0.2) is 17.8 Å². The normalized spacial score (nSPS) is 11.0. The second kappa shape index (κ2) is 8.34. The minimum atomic E-state index is -0.507. The zero-order valence-electron chi connectivity index (χ0n) is 15.2. The fourth-order valence-corrected chi connectivity index (χ4v) is 3.93. The quantitative estimate of drug-likeness (QED) is 0.588. The Morgan fingerprint density at radius 3 is 2.71 bits per heavy atom. The molecule has 3 N–H and O–H groups in total. The molecule has 3 rings (SSSR count). The van der Waals surface area contributed by atoms with Gasteiger partial charge in [-0.25, -0.2) is 9.97 Å². The van der Waals surface area contributed by atoms with Crippen molar-refractivity contribution in [2.24, 2.45) is 5.73 Å². The third-order valence-corrected chi connectivity index (χ3v) is 5.80. The van der Waals surface area contributed by atoms with Crippen LogP contribution in [0.25, 0.3) is 11.4 Å². The van der Waals surface area contributed by atoms with Gasteiger partial charge in [-0.1, -0.05) is 23.2 Å². The summed E-state index contributed by atoms with van der Waals surface area (Å²) in [6.45, 7) is 4.62. The predicted molar refractivity (Wildman–Crippen MR) is 109 cm³/mol. The highest BCUT2D eigenvalue weighted by Crippen LogP contribution is 2.28. The second-order valence-corrected chi connectivity index (χ2v) is 7.77. The zero-order chi connectivity index (χ0) is 20.4. The molecule has 2 amide bonds. The van der Waals surface area contributed by atoms with Crippen LogP contribution >= 0.6 is 34.5 Å². The molecule has 0 aliphatic carbocycles. The molecule has 28 heavy (non-hydrogen) atoms. The van der Waals surface area contributed by atoms with Gasteiger partial charge < -0.3 is 20.2 Å². The molecule has 0 unspecified atom stereocenters. The van der Waals surface area contributed by atoms with Gasteiger partial charge in [0.25, 0.3) is 5.91 Å². The Hall–Kier alpha value is -2.36. The van der Waals surface area contributed by atoms with E-state index >= 15 is 0 Å². The number of carbonyl (C=O) groups excluding carboxylic acids is 2. The molecule has 0 saturated heterocycles. The summed E-state index contributed by atoms with van der Waals surface area (Å²) in [5, 5.41) is 6.05. The number of aromatic nitrogens is 4. The van der Waals surface area contributed by atoms with Gasteiger partial charge in [0.1, 0.15) is 10.2 Å². The van der Waals surface area contributed by atoms with E-state index in [1.54, 1.807) is 17.0 Å². The number of thiazole rings is 1. The number of hydrogen-bond acceptors (Lipinski definition) is 5. The number of primary amides is 1. The van der Waals surface area contributed by atoms with Crippen molar-refractivity contribution in [2.45, 2.75) is 26.9 Å². The van der Waals surface area contributed by atoms with Crippen molar-refractivity contribution in [1.29, 1.82) is 0 Å². The first kappa shape index (κ1) is 20.4. The van der Waals surface area contributed by atoms with E-state index in [0.717, 1.165) is 16.4 Å². The fourth-order valence-electron chi connectivity index (χ4n) is 2.84. The summed E-state index contributed by atoms with van der Waals surface area (Å²) in [6.07, 6.45) is 1.55. The third-order valence-electron chi connectivity index (χ3n) is 4.19. The van der Waals surface area contributed by atoms with Gasteiger partial charge in [-0.15, -0.1) is 11.3 Å². The van der Waals surface area contributed by atoms with E-state index in [1.807, 2.05) is 16.9 Å². The molecule has 148 valence electrons. The number of rotatable bonds is 7. The number of carbonyl (C=O) groups is 2. The lowest BCUT2D eigenvalue weighted by molar-refractivity contribution is -0.118. The first-order valence-electron chi connectivity index (χ1n) is 8.33. The summed E-state index contributed by atoms with van der Waals surface area (Å²) < 4.78 is 3.62. The number of nitrogens with one attached hydrogen (secondary N) is 1.